The smallest absolute Gasteiger partial charge is 0.240 e. The lowest BCUT2D eigenvalue weighted by Crippen LogP contribution is -2.42. The SMILES string of the molecule is O=C([C@@H](Sc1ccccc1)c1ccc(Br)cc1)N1CCOCC1. The van der Waals surface area contributed by atoms with Crippen molar-refractivity contribution in [3.63, 3.8) is 0 Å². The lowest BCUT2D eigenvalue weighted by atomic mass is 10.1. The molecule has 1 fully saturated rings. The van der Waals surface area contributed by atoms with Crippen molar-refractivity contribution in [3.8, 4) is 0 Å². The summed E-state index contributed by atoms with van der Waals surface area (Å²) in [7, 11) is 0. The van der Waals surface area contributed by atoms with E-state index in [4.69, 9.17) is 4.74 Å². The highest BCUT2D eigenvalue weighted by molar-refractivity contribution is 9.10. The van der Waals surface area contributed by atoms with E-state index in [-0.39, 0.29) is 11.2 Å². The molecule has 0 N–H and O–H groups in total. The fourth-order valence-electron chi connectivity index (χ4n) is 2.48. The van der Waals surface area contributed by atoms with E-state index in [0.29, 0.717) is 26.3 Å². The zero-order valence-corrected chi connectivity index (χ0v) is 15.1. The van der Waals surface area contributed by atoms with E-state index in [1.165, 1.54) is 0 Å². The van der Waals surface area contributed by atoms with Crippen LogP contribution in [0.2, 0.25) is 0 Å². The minimum atomic E-state index is -0.233. The summed E-state index contributed by atoms with van der Waals surface area (Å²) in [6.07, 6.45) is 0. The van der Waals surface area contributed by atoms with Gasteiger partial charge in [-0.05, 0) is 29.8 Å². The Hall–Kier alpha value is -1.30. The van der Waals surface area contributed by atoms with Crippen molar-refractivity contribution in [2.45, 2.75) is 10.1 Å². The van der Waals surface area contributed by atoms with E-state index in [0.717, 1.165) is 14.9 Å². The molecule has 1 saturated heterocycles. The molecule has 3 rings (SSSR count). The number of morpholine rings is 1. The Morgan fingerprint density at radius 1 is 1.04 bits per heavy atom. The molecule has 120 valence electrons. The second-order valence-corrected chi connectivity index (χ2v) is 7.39. The van der Waals surface area contributed by atoms with Crippen LogP contribution in [-0.2, 0) is 9.53 Å². The van der Waals surface area contributed by atoms with Crippen molar-refractivity contribution in [1.29, 1.82) is 0 Å². The number of carbonyl (C=O) groups is 1. The molecule has 3 nitrogen and oxygen atoms in total. The van der Waals surface area contributed by atoms with Gasteiger partial charge in [0.25, 0.3) is 0 Å². The number of benzene rings is 2. The molecule has 1 atom stereocenters. The maximum absolute atomic E-state index is 13.0. The summed E-state index contributed by atoms with van der Waals surface area (Å²) < 4.78 is 6.38. The molecule has 2 aromatic carbocycles. The zero-order chi connectivity index (χ0) is 16.1. The number of thioether (sulfide) groups is 1. The molecule has 0 spiro atoms. The molecular weight excluding hydrogens is 374 g/mol. The van der Waals surface area contributed by atoms with Crippen molar-refractivity contribution >= 4 is 33.6 Å². The van der Waals surface area contributed by atoms with Crippen LogP contribution in [0.5, 0.6) is 0 Å². The number of nitrogens with zero attached hydrogens (tertiary/aromatic N) is 1. The van der Waals surface area contributed by atoms with Crippen molar-refractivity contribution in [1.82, 2.24) is 4.90 Å². The molecule has 1 aliphatic heterocycles. The largest absolute Gasteiger partial charge is 0.378 e. The quantitative estimate of drug-likeness (QED) is 0.733. The maximum Gasteiger partial charge on any atom is 0.240 e. The Balaban J connectivity index is 1.85. The highest BCUT2D eigenvalue weighted by Gasteiger charge is 2.28. The number of amides is 1. The van der Waals surface area contributed by atoms with Gasteiger partial charge in [-0.2, -0.15) is 0 Å². The molecular formula is C18H18BrNO2S. The first kappa shape index (κ1) is 16.6. The van der Waals surface area contributed by atoms with Gasteiger partial charge in [0.1, 0.15) is 5.25 Å². The van der Waals surface area contributed by atoms with Gasteiger partial charge in [-0.1, -0.05) is 46.3 Å². The summed E-state index contributed by atoms with van der Waals surface area (Å²) >= 11 is 5.06. The van der Waals surface area contributed by atoms with Gasteiger partial charge in [-0.15, -0.1) is 11.8 Å². The standard InChI is InChI=1S/C18H18BrNO2S/c19-15-8-6-14(7-9-15)17(23-16-4-2-1-3-5-16)18(21)20-10-12-22-13-11-20/h1-9,17H,10-13H2/t17-/m0/s1. The van der Waals surface area contributed by atoms with E-state index in [9.17, 15) is 4.79 Å². The molecule has 0 saturated carbocycles. The van der Waals surface area contributed by atoms with Crippen LogP contribution in [0, 0.1) is 0 Å². The average Bonchev–Trinajstić information content (AvgIpc) is 2.62. The van der Waals surface area contributed by atoms with E-state index < -0.39 is 0 Å². The van der Waals surface area contributed by atoms with Gasteiger partial charge in [0.05, 0.1) is 13.2 Å². The molecule has 0 aromatic heterocycles. The van der Waals surface area contributed by atoms with Crippen LogP contribution in [0.3, 0.4) is 0 Å². The molecule has 1 amide bonds. The third kappa shape index (κ3) is 4.37. The summed E-state index contributed by atoms with van der Waals surface area (Å²) in [5.74, 6) is 0.157. The first-order valence-electron chi connectivity index (χ1n) is 7.58. The number of ether oxygens (including phenoxy) is 1. The topological polar surface area (TPSA) is 29.5 Å². The van der Waals surface area contributed by atoms with Gasteiger partial charge in [0, 0.05) is 22.5 Å². The summed E-state index contributed by atoms with van der Waals surface area (Å²) in [4.78, 5) is 16.0. The first-order chi connectivity index (χ1) is 11.2. The highest BCUT2D eigenvalue weighted by atomic mass is 79.9. The Morgan fingerprint density at radius 2 is 1.70 bits per heavy atom. The number of hydrogen-bond donors (Lipinski definition) is 0. The third-order valence-electron chi connectivity index (χ3n) is 3.72. The number of carbonyl (C=O) groups excluding carboxylic acids is 1. The predicted octanol–water partition coefficient (Wildman–Crippen LogP) is 4.14. The van der Waals surface area contributed by atoms with Gasteiger partial charge in [-0.25, -0.2) is 0 Å². The van der Waals surface area contributed by atoms with Crippen molar-refractivity contribution in [3.05, 3.63) is 64.6 Å². The molecule has 0 radical (unpaired) electrons. The minimum Gasteiger partial charge on any atom is -0.378 e. The van der Waals surface area contributed by atoms with Gasteiger partial charge in [-0.3, -0.25) is 4.79 Å². The molecule has 0 aliphatic carbocycles. The lowest BCUT2D eigenvalue weighted by Gasteiger charge is -2.30. The zero-order valence-electron chi connectivity index (χ0n) is 12.7. The third-order valence-corrected chi connectivity index (χ3v) is 5.50. The van der Waals surface area contributed by atoms with Crippen LogP contribution in [0.4, 0.5) is 0 Å². The Bertz CT molecular complexity index is 642. The van der Waals surface area contributed by atoms with Gasteiger partial charge >= 0.3 is 0 Å². The maximum atomic E-state index is 13.0. The number of hydrogen-bond acceptors (Lipinski definition) is 3. The van der Waals surface area contributed by atoms with Crippen molar-refractivity contribution < 1.29 is 9.53 Å². The Morgan fingerprint density at radius 3 is 2.35 bits per heavy atom. The molecule has 1 aliphatic rings. The minimum absolute atomic E-state index is 0.157. The van der Waals surface area contributed by atoms with E-state index in [1.54, 1.807) is 11.8 Å². The van der Waals surface area contributed by atoms with E-state index >= 15 is 0 Å². The summed E-state index contributed by atoms with van der Waals surface area (Å²) in [6.45, 7) is 2.58. The molecule has 1 heterocycles. The Labute approximate surface area is 149 Å². The molecule has 0 unspecified atom stereocenters. The van der Waals surface area contributed by atoms with Crippen LogP contribution in [0.25, 0.3) is 0 Å². The second-order valence-electron chi connectivity index (χ2n) is 5.30. The average molecular weight is 392 g/mol. The van der Waals surface area contributed by atoms with E-state index in [2.05, 4.69) is 15.9 Å². The second kappa shape index (κ2) is 7.99. The van der Waals surface area contributed by atoms with Crippen LogP contribution in [-0.4, -0.2) is 37.1 Å². The molecule has 5 heteroatoms. The van der Waals surface area contributed by atoms with Crippen LogP contribution in [0.1, 0.15) is 10.8 Å². The van der Waals surface area contributed by atoms with Gasteiger partial charge < -0.3 is 9.64 Å². The van der Waals surface area contributed by atoms with Crippen molar-refractivity contribution in [2.75, 3.05) is 26.3 Å². The summed E-state index contributed by atoms with van der Waals surface area (Å²) in [6, 6.07) is 18.1. The molecule has 23 heavy (non-hydrogen) atoms. The first-order valence-corrected chi connectivity index (χ1v) is 9.25. The fraction of sp³-hybridized carbons (Fsp3) is 0.278. The summed E-state index contributed by atoms with van der Waals surface area (Å²) in [5.41, 5.74) is 1.03. The summed E-state index contributed by atoms with van der Waals surface area (Å²) in [5, 5.41) is -0.233. The Kier molecular flexibility index (Phi) is 5.75. The van der Waals surface area contributed by atoms with Gasteiger partial charge in [0.2, 0.25) is 5.91 Å². The monoisotopic (exact) mass is 391 g/mol. The van der Waals surface area contributed by atoms with Crippen LogP contribution >= 0.6 is 27.7 Å². The van der Waals surface area contributed by atoms with E-state index in [1.807, 2.05) is 59.5 Å². The number of halogens is 1. The fourth-order valence-corrected chi connectivity index (χ4v) is 3.88. The normalized spacial score (nSPS) is 16.1. The van der Waals surface area contributed by atoms with Gasteiger partial charge in [0.15, 0.2) is 0 Å². The van der Waals surface area contributed by atoms with Crippen LogP contribution in [0.15, 0.2) is 64.0 Å². The van der Waals surface area contributed by atoms with Crippen LogP contribution < -0.4 is 0 Å². The highest BCUT2D eigenvalue weighted by Crippen LogP contribution is 2.37. The van der Waals surface area contributed by atoms with Crippen molar-refractivity contribution in [2.24, 2.45) is 0 Å². The predicted molar refractivity (Wildman–Crippen MR) is 96.6 cm³/mol. The lowest BCUT2D eigenvalue weighted by molar-refractivity contribution is -0.134. The number of rotatable bonds is 4. The molecule has 2 aromatic rings. The molecule has 0 bridgehead atoms.